The minimum atomic E-state index is -0.204. The van der Waals surface area contributed by atoms with E-state index in [9.17, 15) is 4.79 Å². The molecule has 0 saturated heterocycles. The monoisotopic (exact) mass is 645 g/mol. The first kappa shape index (κ1) is 24.8. The van der Waals surface area contributed by atoms with E-state index in [-0.39, 0.29) is 11.5 Å². The number of benzene rings is 3. The number of aromatic nitrogens is 2. The molecule has 0 aliphatic carbocycles. The standard InChI is InChI=1S/C26H22Br3N3O2/c1-3-16(2)25-31-23-10-8-21(29)13-22(23)26(33)32(25)30-14-18-12-20(28)9-11-24(18)34-15-17-4-6-19(27)7-5-17/h4-14,16H,3,15H2,1-2H3/t16-/m1/s1. The van der Waals surface area contributed by atoms with Gasteiger partial charge in [0.05, 0.1) is 17.1 Å². The van der Waals surface area contributed by atoms with E-state index in [0.717, 1.165) is 31.0 Å². The zero-order chi connectivity index (χ0) is 24.2. The topological polar surface area (TPSA) is 56.5 Å². The van der Waals surface area contributed by atoms with Gasteiger partial charge in [-0.1, -0.05) is 73.8 Å². The van der Waals surface area contributed by atoms with Gasteiger partial charge in [0.15, 0.2) is 0 Å². The summed E-state index contributed by atoms with van der Waals surface area (Å²) >= 11 is 10.4. The number of ether oxygens (including phenoxy) is 1. The van der Waals surface area contributed by atoms with Crippen LogP contribution in [0.4, 0.5) is 0 Å². The highest BCUT2D eigenvalue weighted by Gasteiger charge is 2.16. The second kappa shape index (κ2) is 11.0. The molecule has 1 heterocycles. The summed E-state index contributed by atoms with van der Waals surface area (Å²) in [5, 5.41) is 5.10. The van der Waals surface area contributed by atoms with Crippen LogP contribution in [0.3, 0.4) is 0 Å². The van der Waals surface area contributed by atoms with Crippen LogP contribution >= 0.6 is 47.8 Å². The molecule has 0 fully saturated rings. The Bertz CT molecular complexity index is 1420. The van der Waals surface area contributed by atoms with Crippen LogP contribution in [0.25, 0.3) is 10.9 Å². The van der Waals surface area contributed by atoms with E-state index in [4.69, 9.17) is 9.72 Å². The predicted molar refractivity (Wildman–Crippen MR) is 148 cm³/mol. The number of nitrogens with zero attached hydrogens (tertiary/aromatic N) is 3. The van der Waals surface area contributed by atoms with Crippen molar-refractivity contribution in [1.82, 2.24) is 9.66 Å². The molecule has 1 atom stereocenters. The molecule has 0 aliphatic rings. The van der Waals surface area contributed by atoms with Crippen molar-refractivity contribution in [1.29, 1.82) is 0 Å². The first-order chi connectivity index (χ1) is 16.4. The van der Waals surface area contributed by atoms with E-state index in [1.165, 1.54) is 4.68 Å². The first-order valence-corrected chi connectivity index (χ1v) is 13.2. The fraction of sp³-hybridized carbons (Fsp3) is 0.192. The van der Waals surface area contributed by atoms with Gasteiger partial charge in [-0.15, -0.1) is 0 Å². The number of halogens is 3. The van der Waals surface area contributed by atoms with Crippen molar-refractivity contribution in [2.75, 3.05) is 0 Å². The number of hydrogen-bond donors (Lipinski definition) is 0. The lowest BCUT2D eigenvalue weighted by atomic mass is 10.1. The maximum atomic E-state index is 13.4. The van der Waals surface area contributed by atoms with Crippen LogP contribution in [0.15, 0.2) is 84.0 Å². The molecule has 0 amide bonds. The number of fused-ring (bicyclic) bond motifs is 1. The van der Waals surface area contributed by atoms with Crippen molar-refractivity contribution >= 4 is 64.9 Å². The zero-order valence-electron chi connectivity index (χ0n) is 18.6. The molecule has 1 aromatic heterocycles. The molecule has 34 heavy (non-hydrogen) atoms. The Morgan fingerprint density at radius 1 is 1.00 bits per heavy atom. The van der Waals surface area contributed by atoms with Crippen molar-refractivity contribution in [3.63, 3.8) is 0 Å². The van der Waals surface area contributed by atoms with Gasteiger partial charge >= 0.3 is 0 Å². The number of hydrogen-bond acceptors (Lipinski definition) is 4. The maximum absolute atomic E-state index is 13.4. The molecule has 174 valence electrons. The van der Waals surface area contributed by atoms with E-state index >= 15 is 0 Å². The van der Waals surface area contributed by atoms with E-state index in [2.05, 4.69) is 59.8 Å². The maximum Gasteiger partial charge on any atom is 0.282 e. The minimum Gasteiger partial charge on any atom is -0.488 e. The quantitative estimate of drug-likeness (QED) is 0.194. The average molecular weight is 648 g/mol. The highest BCUT2D eigenvalue weighted by atomic mass is 79.9. The lowest BCUT2D eigenvalue weighted by molar-refractivity contribution is 0.305. The van der Waals surface area contributed by atoms with E-state index in [1.807, 2.05) is 61.5 Å². The smallest absolute Gasteiger partial charge is 0.282 e. The molecule has 4 aromatic rings. The van der Waals surface area contributed by atoms with Crippen LogP contribution in [0, 0.1) is 0 Å². The van der Waals surface area contributed by atoms with Crippen molar-refractivity contribution in [2.45, 2.75) is 32.8 Å². The summed E-state index contributed by atoms with van der Waals surface area (Å²) in [5.41, 5.74) is 2.26. The molecule has 0 N–H and O–H groups in total. The fourth-order valence-corrected chi connectivity index (χ4v) is 4.40. The summed E-state index contributed by atoms with van der Waals surface area (Å²) in [6, 6.07) is 19.2. The van der Waals surface area contributed by atoms with Gasteiger partial charge in [-0.2, -0.15) is 9.78 Å². The molecule has 5 nitrogen and oxygen atoms in total. The van der Waals surface area contributed by atoms with Crippen LogP contribution < -0.4 is 10.3 Å². The van der Waals surface area contributed by atoms with Crippen LogP contribution in [-0.2, 0) is 6.61 Å². The van der Waals surface area contributed by atoms with Crippen LogP contribution in [0.2, 0.25) is 0 Å². The largest absolute Gasteiger partial charge is 0.488 e. The van der Waals surface area contributed by atoms with Gasteiger partial charge in [0.2, 0.25) is 0 Å². The van der Waals surface area contributed by atoms with Crippen molar-refractivity contribution < 1.29 is 4.74 Å². The van der Waals surface area contributed by atoms with Gasteiger partial charge in [-0.05, 0) is 60.5 Å². The van der Waals surface area contributed by atoms with E-state index < -0.39 is 0 Å². The molecule has 0 unspecified atom stereocenters. The highest BCUT2D eigenvalue weighted by molar-refractivity contribution is 9.11. The van der Waals surface area contributed by atoms with E-state index in [0.29, 0.717) is 29.1 Å². The second-order valence-electron chi connectivity index (χ2n) is 7.90. The zero-order valence-corrected chi connectivity index (χ0v) is 23.4. The lowest BCUT2D eigenvalue weighted by Gasteiger charge is -2.14. The molecule has 4 rings (SSSR count). The van der Waals surface area contributed by atoms with Gasteiger partial charge in [0.25, 0.3) is 5.56 Å². The van der Waals surface area contributed by atoms with Crippen molar-refractivity contribution in [3.8, 4) is 5.75 Å². The Morgan fingerprint density at radius 2 is 1.68 bits per heavy atom. The van der Waals surface area contributed by atoms with Crippen LogP contribution in [-0.4, -0.2) is 15.9 Å². The molecule has 8 heteroatoms. The number of rotatable bonds is 7. The molecule has 0 aliphatic heterocycles. The van der Waals surface area contributed by atoms with Crippen LogP contribution in [0.1, 0.15) is 43.1 Å². The SMILES string of the molecule is CC[C@@H](C)c1nc2ccc(Br)cc2c(=O)n1N=Cc1cc(Br)ccc1OCc1ccc(Br)cc1. The summed E-state index contributed by atoms with van der Waals surface area (Å²) in [4.78, 5) is 18.1. The van der Waals surface area contributed by atoms with Gasteiger partial charge in [-0.3, -0.25) is 4.79 Å². The molecule has 3 aromatic carbocycles. The van der Waals surface area contributed by atoms with Crippen molar-refractivity contribution in [2.24, 2.45) is 5.10 Å². The summed E-state index contributed by atoms with van der Waals surface area (Å²) in [6.45, 7) is 4.53. The summed E-state index contributed by atoms with van der Waals surface area (Å²) < 4.78 is 10.2. The third-order valence-electron chi connectivity index (χ3n) is 5.48. The van der Waals surface area contributed by atoms with E-state index in [1.54, 1.807) is 12.3 Å². The molecule has 0 saturated carbocycles. The van der Waals surface area contributed by atoms with Gasteiger partial charge in [0.1, 0.15) is 18.2 Å². The van der Waals surface area contributed by atoms with Gasteiger partial charge in [0, 0.05) is 24.9 Å². The Balaban J connectivity index is 1.73. The highest BCUT2D eigenvalue weighted by Crippen LogP contribution is 2.24. The molecule has 0 radical (unpaired) electrons. The Kier molecular flexibility index (Phi) is 8.01. The molecular formula is C26H22Br3N3O2. The summed E-state index contributed by atoms with van der Waals surface area (Å²) in [6.07, 6.45) is 2.49. The molecule has 0 spiro atoms. The first-order valence-electron chi connectivity index (χ1n) is 10.8. The Hall–Kier alpha value is -2.29. The lowest BCUT2D eigenvalue weighted by Crippen LogP contribution is -2.23. The predicted octanol–water partition coefficient (Wildman–Crippen LogP) is 7.66. The molecule has 0 bridgehead atoms. The Morgan fingerprint density at radius 3 is 2.41 bits per heavy atom. The Labute approximate surface area is 223 Å². The fourth-order valence-electron chi connectivity index (χ4n) is 3.39. The van der Waals surface area contributed by atoms with Gasteiger partial charge in [-0.25, -0.2) is 4.98 Å². The third kappa shape index (κ3) is 5.67. The normalized spacial score (nSPS) is 12.4. The summed E-state index contributed by atoms with van der Waals surface area (Å²) in [5.74, 6) is 1.36. The average Bonchev–Trinajstić information content (AvgIpc) is 2.83. The molecular weight excluding hydrogens is 626 g/mol. The van der Waals surface area contributed by atoms with Crippen molar-refractivity contribution in [3.05, 3.63) is 101 Å². The van der Waals surface area contributed by atoms with Crippen LogP contribution in [0.5, 0.6) is 5.75 Å². The second-order valence-corrected chi connectivity index (χ2v) is 10.6. The summed E-state index contributed by atoms with van der Waals surface area (Å²) in [7, 11) is 0. The van der Waals surface area contributed by atoms with Gasteiger partial charge < -0.3 is 4.74 Å². The third-order valence-corrected chi connectivity index (χ3v) is 6.99. The minimum absolute atomic E-state index is 0.0635.